The van der Waals surface area contributed by atoms with Gasteiger partial charge in [0, 0.05) is 34.0 Å². The Hall–Kier alpha value is -7.76. The van der Waals surface area contributed by atoms with E-state index < -0.39 is 0 Å². The van der Waals surface area contributed by atoms with Crippen LogP contribution in [-0.2, 0) is 0 Å². The van der Waals surface area contributed by atoms with Gasteiger partial charge >= 0.3 is 0 Å². The van der Waals surface area contributed by atoms with Gasteiger partial charge in [-0.2, -0.15) is 0 Å². The van der Waals surface area contributed by atoms with Crippen LogP contribution < -0.4 is 9.64 Å². The molecule has 1 atom stereocenters. The van der Waals surface area contributed by atoms with Gasteiger partial charge in [0.2, 0.25) is 0 Å². The van der Waals surface area contributed by atoms with E-state index in [0.717, 1.165) is 92.9 Å². The number of allylic oxidation sites excluding steroid dienone is 8. The lowest BCUT2D eigenvalue weighted by atomic mass is 9.97. The van der Waals surface area contributed by atoms with Gasteiger partial charge in [-0.3, -0.25) is 4.57 Å². The van der Waals surface area contributed by atoms with E-state index in [9.17, 15) is 0 Å². The summed E-state index contributed by atoms with van der Waals surface area (Å²) in [7, 11) is 0. The van der Waals surface area contributed by atoms with Gasteiger partial charge in [-0.05, 0) is 107 Å². The highest BCUT2D eigenvalue weighted by Gasteiger charge is 2.27. The van der Waals surface area contributed by atoms with Crippen LogP contribution in [0, 0.1) is 0 Å². The molecule has 0 amide bonds. The molecule has 7 aromatic carbocycles. The summed E-state index contributed by atoms with van der Waals surface area (Å²) in [5, 5.41) is 4.79. The molecule has 0 bridgehead atoms. The fourth-order valence-electron chi connectivity index (χ4n) is 9.32. The van der Waals surface area contributed by atoms with Crippen molar-refractivity contribution in [3.8, 4) is 39.7 Å². The lowest BCUT2D eigenvalue weighted by molar-refractivity contribution is 0.477. The molecule has 0 radical (unpaired) electrons. The van der Waals surface area contributed by atoms with Crippen molar-refractivity contribution in [1.29, 1.82) is 0 Å². The van der Waals surface area contributed by atoms with Crippen molar-refractivity contribution in [3.05, 3.63) is 212 Å². The highest BCUT2D eigenvalue weighted by atomic mass is 16.5. The molecule has 3 heterocycles. The van der Waals surface area contributed by atoms with Crippen molar-refractivity contribution in [2.24, 2.45) is 0 Å². The van der Waals surface area contributed by atoms with Crippen LogP contribution in [0.4, 0.5) is 17.1 Å². The Labute approximate surface area is 354 Å². The van der Waals surface area contributed by atoms with Crippen LogP contribution in [0.15, 0.2) is 200 Å². The maximum Gasteiger partial charge on any atom is 0.151 e. The van der Waals surface area contributed by atoms with Crippen molar-refractivity contribution in [2.75, 3.05) is 4.90 Å². The SMILES string of the molecule is C1=CCC(c2nc(-c3ccc(C4=CCCC=C4)cc3)cc(-n3c4ccc(-c5ccc6c(c5)N(c5ccccc5)c5ccccc5O6)cc4c4c5ccccc5ccc43)n2)C=C1. The predicted octanol–water partition coefficient (Wildman–Crippen LogP) is 15.0. The molecule has 0 fully saturated rings. The van der Waals surface area contributed by atoms with Crippen molar-refractivity contribution in [3.63, 3.8) is 0 Å². The first kappa shape index (κ1) is 35.2. The third kappa shape index (κ3) is 6.08. The zero-order valence-electron chi connectivity index (χ0n) is 33.4. The molecule has 12 rings (SSSR count). The van der Waals surface area contributed by atoms with Crippen LogP contribution in [0.3, 0.4) is 0 Å². The molecule has 5 heteroatoms. The van der Waals surface area contributed by atoms with E-state index in [1.807, 2.05) is 12.1 Å². The van der Waals surface area contributed by atoms with Crippen LogP contribution in [0.2, 0.25) is 0 Å². The molecular formula is C56H40N4O. The van der Waals surface area contributed by atoms with E-state index in [1.165, 1.54) is 32.7 Å². The van der Waals surface area contributed by atoms with Gasteiger partial charge in [-0.25, -0.2) is 9.97 Å². The predicted molar refractivity (Wildman–Crippen MR) is 251 cm³/mol. The van der Waals surface area contributed by atoms with E-state index in [0.29, 0.717) is 0 Å². The molecule has 0 saturated carbocycles. The lowest BCUT2D eigenvalue weighted by Gasteiger charge is -2.33. The summed E-state index contributed by atoms with van der Waals surface area (Å²) in [5.74, 6) is 3.42. The van der Waals surface area contributed by atoms with Crippen molar-refractivity contribution < 1.29 is 4.74 Å². The zero-order chi connectivity index (χ0) is 40.3. The maximum absolute atomic E-state index is 6.51. The molecule has 61 heavy (non-hydrogen) atoms. The molecule has 3 aliphatic rings. The Balaban J connectivity index is 1.04. The Morgan fingerprint density at radius 2 is 1.33 bits per heavy atom. The second kappa shape index (κ2) is 14.5. The Morgan fingerprint density at radius 3 is 2.20 bits per heavy atom. The standard InChI is InChI=1S/C56H40N4O/c1-4-14-37(15-5-1)38-24-26-40(27-25-38)47-36-54(58-56(57-47)41-17-6-2-7-18-41)60-48-31-29-42(34-46(48)55-45-21-11-10-16-39(45)28-32-50(55)60)43-30-33-53-51(35-43)59(44-19-8-3-9-20-44)49-22-12-13-23-52(49)61-53/h2-4,6-17,19-36,41H,1,5,18H2. The summed E-state index contributed by atoms with van der Waals surface area (Å²) in [6.45, 7) is 0. The number of para-hydroxylation sites is 3. The molecule has 5 nitrogen and oxygen atoms in total. The summed E-state index contributed by atoms with van der Waals surface area (Å²) < 4.78 is 8.85. The average molecular weight is 785 g/mol. The van der Waals surface area contributed by atoms with Crippen LogP contribution in [-0.4, -0.2) is 14.5 Å². The number of aromatic nitrogens is 3. The monoisotopic (exact) mass is 784 g/mol. The molecule has 9 aromatic rings. The Bertz CT molecular complexity index is 3320. The summed E-state index contributed by atoms with van der Waals surface area (Å²) >= 11 is 0. The number of hydrogen-bond donors (Lipinski definition) is 0. The lowest BCUT2D eigenvalue weighted by Crippen LogP contribution is -2.15. The molecule has 290 valence electrons. The minimum Gasteiger partial charge on any atom is -0.453 e. The maximum atomic E-state index is 6.51. The molecule has 1 unspecified atom stereocenters. The van der Waals surface area contributed by atoms with Crippen molar-refractivity contribution >= 4 is 55.2 Å². The largest absolute Gasteiger partial charge is 0.453 e. The van der Waals surface area contributed by atoms with Crippen LogP contribution in [0.1, 0.15) is 36.6 Å². The van der Waals surface area contributed by atoms with E-state index >= 15 is 0 Å². The van der Waals surface area contributed by atoms with Crippen molar-refractivity contribution in [1.82, 2.24) is 14.5 Å². The first-order valence-corrected chi connectivity index (χ1v) is 21.2. The number of fused-ring (bicyclic) bond motifs is 7. The van der Waals surface area contributed by atoms with Gasteiger partial charge in [0.05, 0.1) is 28.1 Å². The second-order valence-electron chi connectivity index (χ2n) is 16.0. The summed E-state index contributed by atoms with van der Waals surface area (Å²) in [5.41, 5.74) is 12.0. The third-order valence-corrected chi connectivity index (χ3v) is 12.3. The van der Waals surface area contributed by atoms with E-state index in [4.69, 9.17) is 14.7 Å². The van der Waals surface area contributed by atoms with Gasteiger partial charge in [0.15, 0.2) is 11.5 Å². The van der Waals surface area contributed by atoms with Crippen LogP contribution in [0.5, 0.6) is 11.5 Å². The van der Waals surface area contributed by atoms with E-state index in [-0.39, 0.29) is 5.92 Å². The number of rotatable bonds is 6. The fourth-order valence-corrected chi connectivity index (χ4v) is 9.32. The minimum absolute atomic E-state index is 0.0800. The minimum atomic E-state index is 0.0800. The van der Waals surface area contributed by atoms with Gasteiger partial charge in [0.1, 0.15) is 11.6 Å². The van der Waals surface area contributed by atoms with Crippen LogP contribution in [0.25, 0.3) is 66.4 Å². The van der Waals surface area contributed by atoms with Gasteiger partial charge in [0.25, 0.3) is 0 Å². The fraction of sp³-hybridized carbons (Fsp3) is 0.0714. The molecular weight excluding hydrogens is 745 g/mol. The highest BCUT2D eigenvalue weighted by molar-refractivity contribution is 6.22. The number of nitrogens with zero attached hydrogens (tertiary/aromatic N) is 4. The molecule has 2 aromatic heterocycles. The number of hydrogen-bond acceptors (Lipinski definition) is 4. The molecule has 0 spiro atoms. The molecule has 2 aliphatic carbocycles. The summed E-state index contributed by atoms with van der Waals surface area (Å²) in [6.07, 6.45) is 18.5. The first-order chi connectivity index (χ1) is 30.2. The van der Waals surface area contributed by atoms with E-state index in [2.05, 4.69) is 198 Å². The molecule has 0 N–H and O–H groups in total. The van der Waals surface area contributed by atoms with Gasteiger partial charge in [-0.15, -0.1) is 0 Å². The van der Waals surface area contributed by atoms with Gasteiger partial charge in [-0.1, -0.05) is 140 Å². The molecule has 1 aliphatic heterocycles. The molecule has 0 saturated heterocycles. The first-order valence-electron chi connectivity index (χ1n) is 21.2. The Morgan fingerprint density at radius 1 is 0.557 bits per heavy atom. The van der Waals surface area contributed by atoms with Crippen molar-refractivity contribution in [2.45, 2.75) is 25.2 Å². The van der Waals surface area contributed by atoms with Gasteiger partial charge < -0.3 is 9.64 Å². The summed E-state index contributed by atoms with van der Waals surface area (Å²) in [4.78, 5) is 13.0. The topological polar surface area (TPSA) is 43.2 Å². The third-order valence-electron chi connectivity index (χ3n) is 12.3. The second-order valence-corrected chi connectivity index (χ2v) is 16.0. The normalized spacial score (nSPS) is 15.5. The summed E-state index contributed by atoms with van der Waals surface area (Å²) in [6, 6.07) is 56.4. The van der Waals surface area contributed by atoms with Crippen LogP contribution >= 0.6 is 0 Å². The zero-order valence-corrected chi connectivity index (χ0v) is 33.4. The van der Waals surface area contributed by atoms with E-state index in [1.54, 1.807) is 0 Å². The average Bonchev–Trinajstić information content (AvgIpc) is 3.68. The smallest absolute Gasteiger partial charge is 0.151 e. The highest BCUT2D eigenvalue weighted by Crippen LogP contribution is 2.51. The number of benzene rings is 7. The quantitative estimate of drug-likeness (QED) is 0.168. The number of ether oxygens (including phenoxy) is 1. The Kier molecular flexibility index (Phi) is 8.37. The number of anilines is 3.